The van der Waals surface area contributed by atoms with Gasteiger partial charge in [0, 0.05) is 59.6 Å². The second-order valence-corrected chi connectivity index (χ2v) is 13.4. The number of alkyl halides is 1. The number of ether oxygens (including phenoxy) is 2. The number of nitrogens with two attached hydrogens (primary N) is 1. The van der Waals surface area contributed by atoms with Crippen LogP contribution >= 0.6 is 15.9 Å². The van der Waals surface area contributed by atoms with Crippen molar-refractivity contribution in [3.05, 3.63) is 58.7 Å². The van der Waals surface area contributed by atoms with Crippen molar-refractivity contribution >= 4 is 75.2 Å². The van der Waals surface area contributed by atoms with Crippen molar-refractivity contribution in [3.63, 3.8) is 0 Å². The van der Waals surface area contributed by atoms with Crippen molar-refractivity contribution in [1.82, 2.24) is 20.4 Å². The molecule has 51 heavy (non-hydrogen) atoms. The summed E-state index contributed by atoms with van der Waals surface area (Å²) in [5.74, 6) is -2.11. The quantitative estimate of drug-likeness (QED) is 0.0601. The molecule has 2 atom stereocenters. The van der Waals surface area contributed by atoms with Crippen molar-refractivity contribution in [2.45, 2.75) is 77.2 Å². The molecule has 2 aromatic carbocycles. The molecule has 2 unspecified atom stereocenters. The fourth-order valence-electron chi connectivity index (χ4n) is 5.88. The van der Waals surface area contributed by atoms with Crippen LogP contribution in [0.25, 0.3) is 0 Å². The summed E-state index contributed by atoms with van der Waals surface area (Å²) in [5, 5.41) is 7.72. The number of anilines is 2. The number of benzene rings is 2. The third-order valence-electron chi connectivity index (χ3n) is 8.14. The molecule has 0 spiro atoms. The molecule has 4 aliphatic heterocycles. The highest BCUT2D eigenvalue weighted by Crippen LogP contribution is 2.33. The van der Waals surface area contributed by atoms with Crippen molar-refractivity contribution in [2.24, 2.45) is 0 Å². The number of carbonyl (C=O) groups excluding carboxylic acids is 8. The van der Waals surface area contributed by atoms with E-state index in [1.165, 1.54) is 9.80 Å². The normalized spacial score (nSPS) is 19.4. The zero-order valence-electron chi connectivity index (χ0n) is 28.3. The Hall–Kier alpha value is -5.32. The Balaban J connectivity index is 0.000000188. The van der Waals surface area contributed by atoms with Gasteiger partial charge in [0.25, 0.3) is 18.3 Å². The molecule has 0 aliphatic carbocycles. The van der Waals surface area contributed by atoms with Crippen molar-refractivity contribution in [2.75, 3.05) is 23.1 Å². The number of amides is 6. The third-order valence-corrected chi connectivity index (χ3v) is 8.60. The van der Waals surface area contributed by atoms with Crippen LogP contribution in [0.5, 0.6) is 0 Å². The van der Waals surface area contributed by atoms with Gasteiger partial charge in [-0.25, -0.2) is 0 Å². The molecule has 2 fully saturated rings. The second kappa shape index (κ2) is 16.6. The van der Waals surface area contributed by atoms with Crippen LogP contribution in [-0.4, -0.2) is 87.4 Å². The summed E-state index contributed by atoms with van der Waals surface area (Å²) in [6.45, 7) is 6.44. The smallest absolute Gasteiger partial charge is 0.317 e. The minimum atomic E-state index is -0.647. The van der Waals surface area contributed by atoms with E-state index < -0.39 is 23.9 Å². The van der Waals surface area contributed by atoms with Crippen LogP contribution in [0.4, 0.5) is 11.4 Å². The molecule has 0 saturated carbocycles. The first-order valence-electron chi connectivity index (χ1n) is 16.0. The second-order valence-electron chi connectivity index (χ2n) is 12.8. The summed E-state index contributed by atoms with van der Waals surface area (Å²) in [6.07, 6.45) is 1.16. The summed E-state index contributed by atoms with van der Waals surface area (Å²) in [5.41, 5.74) is 9.28. The van der Waals surface area contributed by atoms with Crippen LogP contribution in [-0.2, 0) is 51.3 Å². The van der Waals surface area contributed by atoms with Crippen LogP contribution in [0, 0.1) is 0 Å². The van der Waals surface area contributed by atoms with Crippen LogP contribution in [0.2, 0.25) is 0 Å². The summed E-state index contributed by atoms with van der Waals surface area (Å²) in [6, 6.07) is 9.11. The molecule has 5 N–H and O–H groups in total. The topological polar surface area (TPSA) is 224 Å². The number of nitrogens with zero attached hydrogens (tertiary/aromatic N) is 2. The van der Waals surface area contributed by atoms with Gasteiger partial charge >= 0.3 is 5.97 Å². The Morgan fingerprint density at radius 3 is 1.84 bits per heavy atom. The predicted octanol–water partition coefficient (Wildman–Crippen LogP) is 1.74. The number of nitrogen functional groups attached to an aromatic ring is 1. The highest BCUT2D eigenvalue weighted by Gasteiger charge is 2.41. The SMILES string of the molecule is CC(C)(C)OC(=O)CBr.Nc1cccc2c1CN(C1CCC(=O)NC1=O)C2=O.O=COCNc1cccc2c1CN(C1CCC(=O)NC1=O)C2=O. The number of piperidine rings is 2. The monoisotopic (exact) mass is 770 g/mol. The van der Waals surface area contributed by atoms with Gasteiger partial charge in [-0.05, 0) is 57.9 Å². The fraction of sp³-hybridized carbons (Fsp3) is 0.412. The Morgan fingerprint density at radius 1 is 0.882 bits per heavy atom. The highest BCUT2D eigenvalue weighted by atomic mass is 79.9. The van der Waals surface area contributed by atoms with Crippen LogP contribution < -0.4 is 21.7 Å². The summed E-state index contributed by atoms with van der Waals surface area (Å²) in [7, 11) is 0. The number of nitrogens with one attached hydrogen (secondary N) is 3. The number of rotatable bonds is 7. The van der Waals surface area contributed by atoms with E-state index in [0.717, 1.165) is 11.1 Å². The van der Waals surface area contributed by atoms with E-state index in [9.17, 15) is 38.4 Å². The Kier molecular flexibility index (Phi) is 12.5. The lowest BCUT2D eigenvalue weighted by Gasteiger charge is -2.29. The first-order chi connectivity index (χ1) is 24.1. The molecular weight excluding hydrogens is 732 g/mol. The molecule has 0 radical (unpaired) electrons. The lowest BCUT2D eigenvalue weighted by molar-refractivity contribution is -0.151. The lowest BCUT2D eigenvalue weighted by Crippen LogP contribution is -2.52. The zero-order valence-corrected chi connectivity index (χ0v) is 29.9. The average molecular weight is 772 g/mol. The molecule has 272 valence electrons. The zero-order chi connectivity index (χ0) is 37.5. The van der Waals surface area contributed by atoms with Gasteiger partial charge in [0.05, 0.1) is 0 Å². The van der Waals surface area contributed by atoms with Crippen molar-refractivity contribution < 1.29 is 47.8 Å². The van der Waals surface area contributed by atoms with Gasteiger partial charge in [0.2, 0.25) is 23.6 Å². The molecule has 0 bridgehead atoms. The van der Waals surface area contributed by atoms with Gasteiger partial charge < -0.3 is 30.3 Å². The molecule has 6 amide bonds. The predicted molar refractivity (Wildman–Crippen MR) is 185 cm³/mol. The van der Waals surface area contributed by atoms with E-state index in [-0.39, 0.29) is 66.6 Å². The number of imide groups is 2. The summed E-state index contributed by atoms with van der Waals surface area (Å²) >= 11 is 2.99. The van der Waals surface area contributed by atoms with Crippen molar-refractivity contribution in [3.8, 4) is 0 Å². The van der Waals surface area contributed by atoms with Gasteiger partial charge in [-0.1, -0.05) is 28.1 Å². The van der Waals surface area contributed by atoms with E-state index in [1.54, 1.807) is 36.4 Å². The minimum absolute atomic E-state index is 0.00738. The van der Waals surface area contributed by atoms with Gasteiger partial charge in [-0.3, -0.25) is 49.0 Å². The Morgan fingerprint density at radius 2 is 1.39 bits per heavy atom. The molecule has 4 heterocycles. The molecule has 2 aromatic rings. The molecule has 16 nitrogen and oxygen atoms in total. The van der Waals surface area contributed by atoms with Crippen LogP contribution in [0.3, 0.4) is 0 Å². The molecular formula is C34H39BrN6O10. The molecule has 2 saturated heterocycles. The van der Waals surface area contributed by atoms with E-state index in [4.69, 9.17) is 10.5 Å². The standard InChI is InChI=1S/C15H15N3O5.C13H13N3O3.C6H11BrO2/c19-8-23-7-16-11-3-1-2-9-10(11)6-18(15(9)22)12-4-5-13(20)17-14(12)21;14-9-3-1-2-7-8(9)6-16(13(7)19)10-4-5-11(17)15-12(10)18;1-6(2,3)9-5(8)4-7/h1-3,8,12,16H,4-7H2,(H,17,20,21);1-3,10H,4-6,14H2,(H,15,17,18);4H2,1-3H3. The third kappa shape index (κ3) is 9.48. The van der Waals surface area contributed by atoms with E-state index in [2.05, 4.69) is 36.6 Å². The summed E-state index contributed by atoms with van der Waals surface area (Å²) in [4.78, 5) is 94.7. The first-order valence-corrected chi connectivity index (χ1v) is 17.1. The number of fused-ring (bicyclic) bond motifs is 2. The van der Waals surface area contributed by atoms with E-state index in [0.29, 0.717) is 48.4 Å². The fourth-order valence-corrected chi connectivity index (χ4v) is 6.00. The first kappa shape index (κ1) is 38.5. The Bertz CT molecular complexity index is 1740. The number of halogens is 1. The lowest BCUT2D eigenvalue weighted by atomic mass is 10.0. The highest BCUT2D eigenvalue weighted by molar-refractivity contribution is 9.09. The molecule has 6 rings (SSSR count). The Labute approximate surface area is 301 Å². The van der Waals surface area contributed by atoms with E-state index in [1.807, 2.05) is 20.8 Å². The average Bonchev–Trinajstić information content (AvgIpc) is 3.58. The van der Waals surface area contributed by atoms with Crippen LogP contribution in [0.1, 0.15) is 78.3 Å². The number of hydrogen-bond acceptors (Lipinski definition) is 12. The minimum Gasteiger partial charge on any atom is -0.459 e. The van der Waals surface area contributed by atoms with Gasteiger partial charge in [-0.2, -0.15) is 0 Å². The largest absolute Gasteiger partial charge is 0.459 e. The number of carbonyl (C=O) groups is 8. The van der Waals surface area contributed by atoms with Gasteiger partial charge in [-0.15, -0.1) is 0 Å². The summed E-state index contributed by atoms with van der Waals surface area (Å²) < 4.78 is 9.51. The molecule has 17 heteroatoms. The van der Waals surface area contributed by atoms with E-state index >= 15 is 0 Å². The van der Waals surface area contributed by atoms with Gasteiger partial charge in [0.1, 0.15) is 23.0 Å². The van der Waals surface area contributed by atoms with Crippen molar-refractivity contribution in [1.29, 1.82) is 0 Å². The maximum Gasteiger partial charge on any atom is 0.317 e. The number of esters is 1. The van der Waals surface area contributed by atoms with Crippen LogP contribution in [0.15, 0.2) is 36.4 Å². The molecule has 0 aromatic heterocycles. The number of hydrogen-bond donors (Lipinski definition) is 4. The van der Waals surface area contributed by atoms with Gasteiger partial charge in [0.15, 0.2) is 6.73 Å². The maximum absolute atomic E-state index is 12.6. The maximum atomic E-state index is 12.6. The molecule has 4 aliphatic rings.